The van der Waals surface area contributed by atoms with Gasteiger partial charge in [0.25, 0.3) is 0 Å². The van der Waals surface area contributed by atoms with Gasteiger partial charge in [-0.15, -0.1) is 0 Å². The van der Waals surface area contributed by atoms with Gasteiger partial charge in [0.05, 0.1) is 19.9 Å². The Balaban J connectivity index is 2.22. The average Bonchev–Trinajstić information content (AvgIpc) is 2.48. The van der Waals surface area contributed by atoms with E-state index in [4.69, 9.17) is 9.47 Å². The molecule has 0 saturated heterocycles. The first-order chi connectivity index (χ1) is 9.76. The lowest BCUT2D eigenvalue weighted by atomic mass is 10.2. The Morgan fingerprint density at radius 1 is 1.05 bits per heavy atom. The molecule has 106 valence electrons. The minimum absolute atomic E-state index is 0.688. The molecule has 0 radical (unpaired) electrons. The van der Waals surface area contributed by atoms with Gasteiger partial charge in [-0.25, -0.2) is 9.97 Å². The molecule has 1 aromatic carbocycles. The second-order valence-corrected chi connectivity index (χ2v) is 4.01. The summed E-state index contributed by atoms with van der Waals surface area (Å²) in [7, 11) is 3.24. The van der Waals surface area contributed by atoms with Gasteiger partial charge in [-0.05, 0) is 19.1 Å². The zero-order valence-corrected chi connectivity index (χ0v) is 11.8. The van der Waals surface area contributed by atoms with Gasteiger partial charge in [-0.2, -0.15) is 0 Å². The predicted molar refractivity (Wildman–Crippen MR) is 79.0 cm³/mol. The minimum Gasteiger partial charge on any atom is -0.497 e. The molecule has 0 aliphatic carbocycles. The molecule has 0 spiro atoms. The van der Waals surface area contributed by atoms with Crippen LogP contribution < -0.4 is 20.1 Å². The molecule has 2 N–H and O–H groups in total. The highest BCUT2D eigenvalue weighted by atomic mass is 16.5. The van der Waals surface area contributed by atoms with Crippen molar-refractivity contribution in [2.75, 3.05) is 31.4 Å². The first-order valence-corrected chi connectivity index (χ1v) is 6.31. The number of nitrogens with one attached hydrogen (secondary N) is 2. The molecule has 0 aliphatic rings. The van der Waals surface area contributed by atoms with E-state index in [1.807, 2.05) is 31.2 Å². The van der Waals surface area contributed by atoms with Crippen molar-refractivity contribution in [2.45, 2.75) is 6.92 Å². The van der Waals surface area contributed by atoms with Gasteiger partial charge in [-0.3, -0.25) is 0 Å². The number of methoxy groups -OCH3 is 2. The van der Waals surface area contributed by atoms with Gasteiger partial charge in [0, 0.05) is 18.7 Å². The summed E-state index contributed by atoms with van der Waals surface area (Å²) in [6.07, 6.45) is 1.51. The van der Waals surface area contributed by atoms with Crippen LogP contribution in [-0.2, 0) is 0 Å². The first kappa shape index (κ1) is 13.9. The second-order valence-electron chi connectivity index (χ2n) is 4.01. The summed E-state index contributed by atoms with van der Waals surface area (Å²) in [5.74, 6) is 2.90. The highest BCUT2D eigenvalue weighted by Crippen LogP contribution is 2.31. The zero-order chi connectivity index (χ0) is 14.4. The number of aromatic nitrogens is 2. The summed E-state index contributed by atoms with van der Waals surface area (Å²) < 4.78 is 10.5. The Kier molecular flexibility index (Phi) is 4.60. The van der Waals surface area contributed by atoms with Gasteiger partial charge >= 0.3 is 0 Å². The molecule has 6 nitrogen and oxygen atoms in total. The molecule has 0 fully saturated rings. The smallest absolute Gasteiger partial charge is 0.146 e. The molecule has 0 aliphatic heterocycles. The number of ether oxygens (including phenoxy) is 2. The van der Waals surface area contributed by atoms with E-state index >= 15 is 0 Å². The molecule has 20 heavy (non-hydrogen) atoms. The van der Waals surface area contributed by atoms with Crippen molar-refractivity contribution < 1.29 is 9.47 Å². The van der Waals surface area contributed by atoms with Crippen LogP contribution in [0.3, 0.4) is 0 Å². The van der Waals surface area contributed by atoms with Crippen molar-refractivity contribution in [3.63, 3.8) is 0 Å². The molecular formula is C14H18N4O2. The van der Waals surface area contributed by atoms with E-state index in [-0.39, 0.29) is 0 Å². The molecule has 1 heterocycles. The van der Waals surface area contributed by atoms with Crippen LogP contribution in [0.5, 0.6) is 11.5 Å². The molecular weight excluding hydrogens is 256 g/mol. The quantitative estimate of drug-likeness (QED) is 0.844. The average molecular weight is 274 g/mol. The maximum Gasteiger partial charge on any atom is 0.146 e. The number of anilines is 3. The van der Waals surface area contributed by atoms with Gasteiger partial charge < -0.3 is 20.1 Å². The van der Waals surface area contributed by atoms with Crippen LogP contribution in [0.1, 0.15) is 6.92 Å². The number of rotatable bonds is 6. The van der Waals surface area contributed by atoms with Gasteiger partial charge in [-0.1, -0.05) is 0 Å². The predicted octanol–water partition coefficient (Wildman–Crippen LogP) is 2.67. The van der Waals surface area contributed by atoms with Crippen LogP contribution in [0.2, 0.25) is 0 Å². The minimum atomic E-state index is 0.688. The molecule has 6 heteroatoms. The third kappa shape index (κ3) is 3.28. The second kappa shape index (κ2) is 6.60. The fraction of sp³-hybridized carbons (Fsp3) is 0.286. The SMILES string of the molecule is CCNc1cc(Nc2ccc(OC)cc2OC)ncn1. The highest BCUT2D eigenvalue weighted by Gasteiger charge is 2.06. The lowest BCUT2D eigenvalue weighted by Gasteiger charge is -2.12. The molecule has 0 atom stereocenters. The number of benzene rings is 1. The standard InChI is InChI=1S/C14H18N4O2/c1-4-15-13-8-14(17-9-16-13)18-11-6-5-10(19-2)7-12(11)20-3/h5-9H,4H2,1-3H3,(H2,15,16,17,18). The largest absolute Gasteiger partial charge is 0.497 e. The van der Waals surface area contributed by atoms with Crippen LogP contribution >= 0.6 is 0 Å². The monoisotopic (exact) mass is 274 g/mol. The number of nitrogens with zero attached hydrogens (tertiary/aromatic N) is 2. The molecule has 2 aromatic rings. The molecule has 1 aromatic heterocycles. The van der Waals surface area contributed by atoms with Gasteiger partial charge in [0.15, 0.2) is 0 Å². The summed E-state index contributed by atoms with van der Waals surface area (Å²) >= 11 is 0. The van der Waals surface area contributed by atoms with Gasteiger partial charge in [0.1, 0.15) is 29.5 Å². The van der Waals surface area contributed by atoms with Crippen molar-refractivity contribution in [3.8, 4) is 11.5 Å². The van der Waals surface area contributed by atoms with Crippen LogP contribution in [0.25, 0.3) is 0 Å². The van der Waals surface area contributed by atoms with Crippen molar-refractivity contribution in [1.29, 1.82) is 0 Å². The van der Waals surface area contributed by atoms with E-state index in [1.54, 1.807) is 14.2 Å². The summed E-state index contributed by atoms with van der Waals surface area (Å²) in [5, 5.41) is 6.34. The fourth-order valence-electron chi connectivity index (χ4n) is 1.74. The Morgan fingerprint density at radius 2 is 1.85 bits per heavy atom. The normalized spacial score (nSPS) is 9.95. The summed E-state index contributed by atoms with van der Waals surface area (Å²) in [6, 6.07) is 7.39. The van der Waals surface area contributed by atoms with E-state index in [2.05, 4.69) is 20.6 Å². The van der Waals surface area contributed by atoms with Crippen molar-refractivity contribution >= 4 is 17.3 Å². The molecule has 0 saturated carbocycles. The molecule has 0 bridgehead atoms. The Morgan fingerprint density at radius 3 is 2.55 bits per heavy atom. The maximum atomic E-state index is 5.34. The van der Waals surface area contributed by atoms with E-state index in [9.17, 15) is 0 Å². The topological polar surface area (TPSA) is 68.3 Å². The first-order valence-electron chi connectivity index (χ1n) is 6.31. The molecule has 0 unspecified atom stereocenters. The van der Waals surface area contributed by atoms with E-state index in [0.29, 0.717) is 11.6 Å². The Hall–Kier alpha value is -2.50. The Labute approximate surface area is 118 Å². The third-order valence-corrected chi connectivity index (χ3v) is 2.70. The summed E-state index contributed by atoms with van der Waals surface area (Å²) in [4.78, 5) is 8.31. The van der Waals surface area contributed by atoms with Crippen LogP contribution in [0, 0.1) is 0 Å². The van der Waals surface area contributed by atoms with Crippen molar-refractivity contribution in [2.24, 2.45) is 0 Å². The molecule has 2 rings (SSSR count). The van der Waals surface area contributed by atoms with E-state index < -0.39 is 0 Å². The lowest BCUT2D eigenvalue weighted by Crippen LogP contribution is -2.02. The van der Waals surface area contributed by atoms with Gasteiger partial charge in [0.2, 0.25) is 0 Å². The van der Waals surface area contributed by atoms with Crippen LogP contribution in [-0.4, -0.2) is 30.7 Å². The maximum absolute atomic E-state index is 5.34. The zero-order valence-electron chi connectivity index (χ0n) is 11.8. The summed E-state index contributed by atoms with van der Waals surface area (Å²) in [6.45, 7) is 2.82. The van der Waals surface area contributed by atoms with E-state index in [1.165, 1.54) is 6.33 Å². The van der Waals surface area contributed by atoms with Crippen LogP contribution in [0.4, 0.5) is 17.3 Å². The molecule has 0 amide bonds. The van der Waals surface area contributed by atoms with Crippen molar-refractivity contribution in [1.82, 2.24) is 9.97 Å². The Bertz CT molecular complexity index is 575. The lowest BCUT2D eigenvalue weighted by molar-refractivity contribution is 0.395. The highest BCUT2D eigenvalue weighted by molar-refractivity contribution is 5.66. The number of hydrogen-bond donors (Lipinski definition) is 2. The number of hydrogen-bond acceptors (Lipinski definition) is 6. The summed E-state index contributed by atoms with van der Waals surface area (Å²) in [5.41, 5.74) is 0.814. The third-order valence-electron chi connectivity index (χ3n) is 2.70. The van der Waals surface area contributed by atoms with Crippen molar-refractivity contribution in [3.05, 3.63) is 30.6 Å². The fourth-order valence-corrected chi connectivity index (χ4v) is 1.74. The van der Waals surface area contributed by atoms with E-state index in [0.717, 1.165) is 23.8 Å². The van der Waals surface area contributed by atoms with Crippen LogP contribution in [0.15, 0.2) is 30.6 Å².